The number of methoxy groups -OCH3 is 1. The number of nitrogens with zero attached hydrogens (tertiary/aromatic N) is 2. The molecule has 128 valence electrons. The van der Waals surface area contributed by atoms with Crippen molar-refractivity contribution in [2.24, 2.45) is 0 Å². The number of ether oxygens (including phenoxy) is 1. The lowest BCUT2D eigenvalue weighted by Gasteiger charge is -2.12. The molecule has 24 heavy (non-hydrogen) atoms. The molecule has 1 aromatic carbocycles. The summed E-state index contributed by atoms with van der Waals surface area (Å²) in [7, 11) is 1.46. The van der Waals surface area contributed by atoms with Crippen LogP contribution >= 0.6 is 23.2 Å². The molecular weight excluding hydrogens is 357 g/mol. The fourth-order valence-electron chi connectivity index (χ4n) is 1.94. The highest BCUT2D eigenvalue weighted by atomic mass is 35.5. The van der Waals surface area contributed by atoms with Crippen LogP contribution in [0.4, 0.5) is 0 Å². The minimum atomic E-state index is -1.13. The first-order valence-electron chi connectivity index (χ1n) is 6.96. The molecule has 0 fully saturated rings. The molecule has 0 spiro atoms. The number of carbonyl (C=O) groups excluding carboxylic acids is 1. The van der Waals surface area contributed by atoms with Gasteiger partial charge in [-0.3, -0.25) is 4.79 Å². The molecular formula is C15H15Cl2N3O4. The Hall–Kier alpha value is -2.09. The summed E-state index contributed by atoms with van der Waals surface area (Å²) in [6, 6.07) is 5.35. The summed E-state index contributed by atoms with van der Waals surface area (Å²) in [4.78, 5) is 23.3. The van der Waals surface area contributed by atoms with E-state index in [0.717, 1.165) is 0 Å². The molecule has 1 atom stereocenters. The first-order valence-corrected chi connectivity index (χ1v) is 7.71. The lowest BCUT2D eigenvalue weighted by Crippen LogP contribution is -2.41. The van der Waals surface area contributed by atoms with Crippen LogP contribution in [0.3, 0.4) is 0 Å². The van der Waals surface area contributed by atoms with Crippen molar-refractivity contribution in [1.82, 2.24) is 15.1 Å². The predicted octanol–water partition coefficient (Wildman–Crippen LogP) is 2.40. The number of amides is 1. The molecule has 2 aromatic rings. The Labute approximate surface area is 148 Å². The zero-order valence-corrected chi connectivity index (χ0v) is 14.2. The third-order valence-electron chi connectivity index (χ3n) is 3.20. The highest BCUT2D eigenvalue weighted by molar-refractivity contribution is 6.42. The normalized spacial score (nSPS) is 12.0. The first kappa shape index (κ1) is 18.3. The van der Waals surface area contributed by atoms with Crippen molar-refractivity contribution in [1.29, 1.82) is 0 Å². The van der Waals surface area contributed by atoms with Gasteiger partial charge in [0.05, 0.1) is 15.7 Å². The van der Waals surface area contributed by atoms with Crippen LogP contribution in [0.15, 0.2) is 30.5 Å². The van der Waals surface area contributed by atoms with Crippen molar-refractivity contribution >= 4 is 35.1 Å². The van der Waals surface area contributed by atoms with Crippen molar-refractivity contribution < 1.29 is 19.4 Å². The molecule has 7 nitrogen and oxygen atoms in total. The molecule has 1 unspecified atom stereocenters. The summed E-state index contributed by atoms with van der Waals surface area (Å²) in [5.74, 6) is -1.72. The van der Waals surface area contributed by atoms with E-state index < -0.39 is 17.9 Å². The Bertz CT molecular complexity index is 748. The summed E-state index contributed by atoms with van der Waals surface area (Å²) in [5, 5.41) is 16.4. The Morgan fingerprint density at radius 3 is 2.71 bits per heavy atom. The number of carbonyl (C=O) groups is 2. The van der Waals surface area contributed by atoms with E-state index in [1.807, 2.05) is 0 Å². The number of aromatic nitrogens is 2. The van der Waals surface area contributed by atoms with Crippen molar-refractivity contribution in [3.63, 3.8) is 0 Å². The maximum absolute atomic E-state index is 12.2. The van der Waals surface area contributed by atoms with E-state index in [4.69, 9.17) is 33.0 Å². The Morgan fingerprint density at radius 1 is 1.33 bits per heavy atom. The summed E-state index contributed by atoms with van der Waals surface area (Å²) in [5.41, 5.74) is 0.711. The molecule has 2 N–H and O–H groups in total. The molecule has 0 aliphatic heterocycles. The molecule has 2 rings (SSSR count). The monoisotopic (exact) mass is 371 g/mol. The number of carboxylic acids is 1. The number of benzene rings is 1. The minimum Gasteiger partial charge on any atom is -0.480 e. The van der Waals surface area contributed by atoms with E-state index >= 15 is 0 Å². The molecule has 9 heteroatoms. The van der Waals surface area contributed by atoms with Gasteiger partial charge in [-0.15, -0.1) is 0 Å². The minimum absolute atomic E-state index is 0.0877. The van der Waals surface area contributed by atoms with E-state index in [1.165, 1.54) is 17.9 Å². The van der Waals surface area contributed by atoms with Crippen LogP contribution < -0.4 is 5.32 Å². The van der Waals surface area contributed by atoms with Gasteiger partial charge in [0.2, 0.25) is 0 Å². The Morgan fingerprint density at radius 2 is 2.08 bits per heavy atom. The topological polar surface area (TPSA) is 93.5 Å². The second-order valence-corrected chi connectivity index (χ2v) is 5.70. The summed E-state index contributed by atoms with van der Waals surface area (Å²) < 4.78 is 6.28. The second kappa shape index (κ2) is 8.14. The van der Waals surface area contributed by atoms with Crippen LogP contribution in [0.2, 0.25) is 10.0 Å². The summed E-state index contributed by atoms with van der Waals surface area (Å²) in [6.45, 7) is 0.217. The maximum Gasteiger partial charge on any atom is 0.326 e. The number of aliphatic carboxylic acids is 1. The third kappa shape index (κ3) is 4.47. The van der Waals surface area contributed by atoms with Crippen LogP contribution in [-0.2, 0) is 9.53 Å². The lowest BCUT2D eigenvalue weighted by molar-refractivity contribution is -0.139. The number of nitrogens with one attached hydrogen (secondary N) is 1. The van der Waals surface area contributed by atoms with E-state index in [-0.39, 0.29) is 18.7 Å². The fourth-order valence-corrected chi connectivity index (χ4v) is 2.23. The highest BCUT2D eigenvalue weighted by Crippen LogP contribution is 2.24. The molecule has 0 saturated carbocycles. The van der Waals surface area contributed by atoms with Gasteiger partial charge in [-0.25, -0.2) is 9.48 Å². The van der Waals surface area contributed by atoms with E-state index in [9.17, 15) is 9.59 Å². The lowest BCUT2D eigenvalue weighted by atomic mass is 10.2. The predicted molar refractivity (Wildman–Crippen MR) is 89.0 cm³/mol. The summed E-state index contributed by atoms with van der Waals surface area (Å²) >= 11 is 11.8. The first-order chi connectivity index (χ1) is 11.4. The number of carboxylic acid groups (broad SMARTS) is 1. The van der Waals surface area contributed by atoms with Crippen molar-refractivity contribution in [2.75, 3.05) is 13.7 Å². The molecule has 1 aromatic heterocycles. The van der Waals surface area contributed by atoms with E-state index in [0.29, 0.717) is 15.7 Å². The van der Waals surface area contributed by atoms with Gasteiger partial charge in [-0.2, -0.15) is 5.10 Å². The van der Waals surface area contributed by atoms with Crippen molar-refractivity contribution in [2.45, 2.75) is 12.5 Å². The number of hydrogen-bond donors (Lipinski definition) is 2. The smallest absolute Gasteiger partial charge is 0.326 e. The standard InChI is InChI=1S/C15H15Cl2N3O4/c1-24-7-5-13(15(22)23)18-14(21)12-4-6-20(19-12)9-2-3-10(16)11(17)8-9/h2-4,6,8,13H,5,7H2,1H3,(H,18,21)(H,22,23). The molecule has 1 heterocycles. The second-order valence-electron chi connectivity index (χ2n) is 4.89. The fraction of sp³-hybridized carbons (Fsp3) is 0.267. The molecule has 0 aliphatic rings. The SMILES string of the molecule is COCCC(NC(=O)c1ccn(-c2ccc(Cl)c(Cl)c2)n1)C(=O)O. The Balaban J connectivity index is 2.12. The average molecular weight is 372 g/mol. The average Bonchev–Trinajstić information content (AvgIpc) is 3.03. The van der Waals surface area contributed by atoms with Crippen molar-refractivity contribution in [3.8, 4) is 5.69 Å². The highest BCUT2D eigenvalue weighted by Gasteiger charge is 2.21. The van der Waals surface area contributed by atoms with Gasteiger partial charge in [-0.1, -0.05) is 23.2 Å². The van der Waals surface area contributed by atoms with Gasteiger partial charge in [0, 0.05) is 26.3 Å². The van der Waals surface area contributed by atoms with Crippen molar-refractivity contribution in [3.05, 3.63) is 46.2 Å². The largest absolute Gasteiger partial charge is 0.480 e. The zero-order chi connectivity index (χ0) is 17.7. The van der Waals surface area contributed by atoms with Gasteiger partial charge in [-0.05, 0) is 24.3 Å². The molecule has 0 radical (unpaired) electrons. The van der Waals surface area contributed by atoms with Crippen LogP contribution in [-0.4, -0.2) is 46.5 Å². The molecule has 0 bridgehead atoms. The molecule has 0 aliphatic carbocycles. The van der Waals surface area contributed by atoms with E-state index in [2.05, 4.69) is 10.4 Å². The van der Waals surface area contributed by atoms with Gasteiger partial charge in [0.1, 0.15) is 6.04 Å². The summed E-state index contributed by atoms with van der Waals surface area (Å²) in [6.07, 6.45) is 1.73. The third-order valence-corrected chi connectivity index (χ3v) is 3.94. The Kier molecular flexibility index (Phi) is 6.19. The molecule has 0 saturated heterocycles. The van der Waals surface area contributed by atoms with Crippen LogP contribution in [0.1, 0.15) is 16.9 Å². The van der Waals surface area contributed by atoms with Crippen LogP contribution in [0.25, 0.3) is 5.69 Å². The number of rotatable bonds is 7. The van der Waals surface area contributed by atoms with Gasteiger partial charge < -0.3 is 15.2 Å². The number of halogens is 2. The van der Waals surface area contributed by atoms with Gasteiger partial charge >= 0.3 is 5.97 Å². The van der Waals surface area contributed by atoms with Gasteiger partial charge in [0.15, 0.2) is 5.69 Å². The zero-order valence-electron chi connectivity index (χ0n) is 12.7. The van der Waals surface area contributed by atoms with Crippen LogP contribution in [0, 0.1) is 0 Å². The number of hydrogen-bond acceptors (Lipinski definition) is 4. The quantitative estimate of drug-likeness (QED) is 0.779. The maximum atomic E-state index is 12.2. The van der Waals surface area contributed by atoms with E-state index in [1.54, 1.807) is 24.4 Å². The van der Waals surface area contributed by atoms with Crippen LogP contribution in [0.5, 0.6) is 0 Å². The van der Waals surface area contributed by atoms with Gasteiger partial charge in [0.25, 0.3) is 5.91 Å². The molecule has 1 amide bonds.